The lowest BCUT2D eigenvalue weighted by Crippen LogP contribution is -2.40. The zero-order chi connectivity index (χ0) is 13.5. The monoisotopic (exact) mass is 248 g/mol. The van der Waals surface area contributed by atoms with Crippen molar-refractivity contribution in [3.63, 3.8) is 0 Å². The first-order chi connectivity index (χ1) is 8.50. The van der Waals surface area contributed by atoms with Gasteiger partial charge in [-0.2, -0.15) is 0 Å². The van der Waals surface area contributed by atoms with Gasteiger partial charge in [-0.3, -0.25) is 4.79 Å². The second-order valence-corrected chi connectivity index (χ2v) is 5.24. The predicted octanol–water partition coefficient (Wildman–Crippen LogP) is 2.50. The van der Waals surface area contributed by atoms with Crippen molar-refractivity contribution in [3.8, 4) is 0 Å². The Bertz CT molecular complexity index is 360. The Morgan fingerprint density at radius 3 is 2.22 bits per heavy atom. The maximum absolute atomic E-state index is 11.6. The van der Waals surface area contributed by atoms with Crippen LogP contribution in [0.15, 0.2) is 30.3 Å². The molecule has 1 aromatic carbocycles. The molecule has 0 heterocycles. The van der Waals surface area contributed by atoms with E-state index in [9.17, 15) is 4.79 Å². The third-order valence-corrected chi connectivity index (χ3v) is 2.76. The van der Waals surface area contributed by atoms with Crippen molar-refractivity contribution in [1.82, 2.24) is 10.6 Å². The summed E-state index contributed by atoms with van der Waals surface area (Å²) in [7, 11) is 0. The van der Waals surface area contributed by atoms with Crippen LogP contribution >= 0.6 is 0 Å². The largest absolute Gasteiger partial charge is 0.353 e. The quantitative estimate of drug-likeness (QED) is 0.812. The van der Waals surface area contributed by atoms with Gasteiger partial charge in [0.1, 0.15) is 0 Å². The summed E-state index contributed by atoms with van der Waals surface area (Å²) in [4.78, 5) is 11.6. The molecule has 0 radical (unpaired) electrons. The van der Waals surface area contributed by atoms with E-state index in [4.69, 9.17) is 0 Å². The second-order valence-electron chi connectivity index (χ2n) is 5.24. The fourth-order valence-electron chi connectivity index (χ4n) is 1.97. The van der Waals surface area contributed by atoms with Crippen LogP contribution in [0.25, 0.3) is 0 Å². The molecule has 3 heteroatoms. The first-order valence-corrected chi connectivity index (χ1v) is 6.58. The lowest BCUT2D eigenvalue weighted by Gasteiger charge is -2.23. The summed E-state index contributed by atoms with van der Waals surface area (Å²) in [6, 6.07) is 10.7. The van der Waals surface area contributed by atoms with Gasteiger partial charge in [-0.15, -0.1) is 0 Å². The molecule has 1 unspecified atom stereocenters. The van der Waals surface area contributed by atoms with E-state index < -0.39 is 0 Å². The molecular weight excluding hydrogens is 224 g/mol. The third-order valence-electron chi connectivity index (χ3n) is 2.76. The molecule has 0 aliphatic heterocycles. The Hall–Kier alpha value is -1.35. The molecule has 0 saturated heterocycles. The summed E-state index contributed by atoms with van der Waals surface area (Å²) in [5, 5.41) is 6.22. The van der Waals surface area contributed by atoms with Gasteiger partial charge in [0.2, 0.25) is 5.91 Å². The summed E-state index contributed by atoms with van der Waals surface area (Å²) < 4.78 is 0. The minimum Gasteiger partial charge on any atom is -0.353 e. The SMILES string of the molecule is CC(C)NC(=O)CNC(c1ccccc1)C(C)C. The molecule has 0 aliphatic carbocycles. The normalized spacial score (nSPS) is 12.8. The Kier molecular flexibility index (Phi) is 5.86. The summed E-state index contributed by atoms with van der Waals surface area (Å²) in [5.41, 5.74) is 1.23. The summed E-state index contributed by atoms with van der Waals surface area (Å²) >= 11 is 0. The molecule has 1 atom stereocenters. The van der Waals surface area contributed by atoms with Crippen molar-refractivity contribution in [3.05, 3.63) is 35.9 Å². The highest BCUT2D eigenvalue weighted by atomic mass is 16.1. The third kappa shape index (κ3) is 4.88. The number of carbonyl (C=O) groups excluding carboxylic acids is 1. The molecule has 0 aliphatic rings. The van der Waals surface area contributed by atoms with E-state index in [0.717, 1.165) is 0 Å². The maximum atomic E-state index is 11.6. The lowest BCUT2D eigenvalue weighted by molar-refractivity contribution is -0.120. The van der Waals surface area contributed by atoms with Crippen LogP contribution in [0.5, 0.6) is 0 Å². The van der Waals surface area contributed by atoms with Crippen LogP contribution in [0.4, 0.5) is 0 Å². The van der Waals surface area contributed by atoms with E-state index in [2.05, 4.69) is 36.6 Å². The molecule has 0 saturated carbocycles. The second kappa shape index (κ2) is 7.17. The highest BCUT2D eigenvalue weighted by Gasteiger charge is 2.16. The van der Waals surface area contributed by atoms with Crippen LogP contribution in [0.3, 0.4) is 0 Å². The van der Waals surface area contributed by atoms with E-state index >= 15 is 0 Å². The van der Waals surface area contributed by atoms with Crippen LogP contribution in [0, 0.1) is 5.92 Å². The Labute approximate surface area is 110 Å². The standard InChI is InChI=1S/C15H24N2O/c1-11(2)15(13-8-6-5-7-9-13)16-10-14(18)17-12(3)4/h5-9,11-12,15-16H,10H2,1-4H3,(H,17,18). The Morgan fingerprint density at radius 1 is 1.11 bits per heavy atom. The number of amides is 1. The van der Waals surface area contributed by atoms with Gasteiger partial charge < -0.3 is 10.6 Å². The minimum atomic E-state index is 0.0478. The number of hydrogen-bond donors (Lipinski definition) is 2. The molecule has 0 fully saturated rings. The van der Waals surface area contributed by atoms with Crippen LogP contribution in [0.1, 0.15) is 39.3 Å². The first kappa shape index (κ1) is 14.7. The average Bonchev–Trinajstić information content (AvgIpc) is 2.29. The van der Waals surface area contributed by atoms with E-state index in [1.807, 2.05) is 32.0 Å². The van der Waals surface area contributed by atoms with Gasteiger partial charge in [0, 0.05) is 12.1 Å². The van der Waals surface area contributed by atoms with E-state index in [1.165, 1.54) is 5.56 Å². The maximum Gasteiger partial charge on any atom is 0.234 e. The number of carbonyl (C=O) groups is 1. The summed E-state index contributed by atoms with van der Waals surface area (Å²) in [5.74, 6) is 0.492. The average molecular weight is 248 g/mol. The fraction of sp³-hybridized carbons (Fsp3) is 0.533. The van der Waals surface area contributed by atoms with Crippen LogP contribution in [0.2, 0.25) is 0 Å². The highest BCUT2D eigenvalue weighted by Crippen LogP contribution is 2.20. The zero-order valence-electron chi connectivity index (χ0n) is 11.7. The van der Waals surface area contributed by atoms with Crippen molar-refractivity contribution in [1.29, 1.82) is 0 Å². The molecule has 0 spiro atoms. The van der Waals surface area contributed by atoms with E-state index in [1.54, 1.807) is 0 Å². The number of hydrogen-bond acceptors (Lipinski definition) is 2. The van der Waals surface area contributed by atoms with Crippen molar-refractivity contribution in [2.45, 2.75) is 39.8 Å². The summed E-state index contributed by atoms with van der Waals surface area (Å²) in [6.45, 7) is 8.61. The van der Waals surface area contributed by atoms with Gasteiger partial charge in [0.15, 0.2) is 0 Å². The van der Waals surface area contributed by atoms with Crippen molar-refractivity contribution in [2.75, 3.05) is 6.54 Å². The van der Waals surface area contributed by atoms with Crippen molar-refractivity contribution in [2.24, 2.45) is 5.92 Å². The van der Waals surface area contributed by atoms with Crippen LogP contribution in [-0.2, 0) is 4.79 Å². The molecule has 3 nitrogen and oxygen atoms in total. The van der Waals surface area contributed by atoms with Gasteiger partial charge in [-0.1, -0.05) is 44.2 Å². The van der Waals surface area contributed by atoms with Crippen molar-refractivity contribution < 1.29 is 4.79 Å². The Balaban J connectivity index is 2.57. The van der Waals surface area contributed by atoms with Crippen LogP contribution in [-0.4, -0.2) is 18.5 Å². The van der Waals surface area contributed by atoms with Gasteiger partial charge in [-0.25, -0.2) is 0 Å². The molecule has 18 heavy (non-hydrogen) atoms. The number of benzene rings is 1. The molecule has 100 valence electrons. The van der Waals surface area contributed by atoms with Crippen LogP contribution < -0.4 is 10.6 Å². The van der Waals surface area contributed by atoms with E-state index in [0.29, 0.717) is 12.5 Å². The zero-order valence-corrected chi connectivity index (χ0v) is 11.7. The van der Waals surface area contributed by atoms with Crippen molar-refractivity contribution >= 4 is 5.91 Å². The molecule has 2 N–H and O–H groups in total. The lowest BCUT2D eigenvalue weighted by atomic mass is 9.96. The first-order valence-electron chi connectivity index (χ1n) is 6.58. The fourth-order valence-corrected chi connectivity index (χ4v) is 1.97. The van der Waals surface area contributed by atoms with Gasteiger partial charge in [0.25, 0.3) is 0 Å². The predicted molar refractivity (Wildman–Crippen MR) is 75.3 cm³/mol. The van der Waals surface area contributed by atoms with Gasteiger partial charge in [-0.05, 0) is 25.3 Å². The highest BCUT2D eigenvalue weighted by molar-refractivity contribution is 5.78. The molecule has 0 aromatic heterocycles. The number of rotatable bonds is 6. The number of nitrogens with one attached hydrogen (secondary N) is 2. The Morgan fingerprint density at radius 2 is 1.72 bits per heavy atom. The topological polar surface area (TPSA) is 41.1 Å². The smallest absolute Gasteiger partial charge is 0.234 e. The molecule has 0 bridgehead atoms. The van der Waals surface area contributed by atoms with Gasteiger partial charge >= 0.3 is 0 Å². The van der Waals surface area contributed by atoms with E-state index in [-0.39, 0.29) is 18.0 Å². The summed E-state index contributed by atoms with van der Waals surface area (Å²) in [6.07, 6.45) is 0. The molecule has 1 aromatic rings. The van der Waals surface area contributed by atoms with Gasteiger partial charge in [0.05, 0.1) is 6.54 Å². The molecule has 1 amide bonds. The molecular formula is C15H24N2O. The molecule has 1 rings (SSSR count). The minimum absolute atomic E-state index is 0.0478.